The number of carbonyl (C=O) groups excluding carboxylic acids is 1. The number of hydrogen-bond donors (Lipinski definition) is 1. The zero-order valence-electron chi connectivity index (χ0n) is 15.8. The standard InChI is InChI=1S/C21H27N3O3/c1-2-3-4-16-5-7-17(8-6-16)13-20(25)23-11-9-19(10-12-23)24-15-18(14-22-24)21(26)27/h5-8,14-15,19H,2-4,9-13H2,1H3,(H,26,27). The highest BCUT2D eigenvalue weighted by Crippen LogP contribution is 2.23. The smallest absolute Gasteiger partial charge is 0.338 e. The third-order valence-electron chi connectivity index (χ3n) is 5.24. The number of rotatable bonds is 7. The van der Waals surface area contributed by atoms with E-state index < -0.39 is 5.97 Å². The van der Waals surface area contributed by atoms with Crippen LogP contribution in [0.5, 0.6) is 0 Å². The normalized spacial score (nSPS) is 15.1. The molecule has 0 aliphatic carbocycles. The Balaban J connectivity index is 1.50. The first-order valence-corrected chi connectivity index (χ1v) is 9.70. The van der Waals surface area contributed by atoms with Gasteiger partial charge in [0.2, 0.25) is 5.91 Å². The monoisotopic (exact) mass is 369 g/mol. The first kappa shape index (κ1) is 19.1. The maximum absolute atomic E-state index is 12.6. The predicted molar refractivity (Wildman–Crippen MR) is 103 cm³/mol. The molecule has 1 aromatic carbocycles. The average molecular weight is 369 g/mol. The van der Waals surface area contributed by atoms with Gasteiger partial charge in [-0.3, -0.25) is 9.48 Å². The number of aromatic carboxylic acids is 1. The van der Waals surface area contributed by atoms with E-state index in [1.54, 1.807) is 10.9 Å². The molecule has 1 aliphatic heterocycles. The number of aromatic nitrogens is 2. The zero-order valence-corrected chi connectivity index (χ0v) is 15.8. The van der Waals surface area contributed by atoms with Gasteiger partial charge in [0, 0.05) is 19.3 Å². The molecule has 1 amide bonds. The summed E-state index contributed by atoms with van der Waals surface area (Å²) in [7, 11) is 0. The number of carboxylic acids is 1. The molecule has 0 bridgehead atoms. The van der Waals surface area contributed by atoms with Crippen LogP contribution in [0.15, 0.2) is 36.7 Å². The summed E-state index contributed by atoms with van der Waals surface area (Å²) >= 11 is 0. The summed E-state index contributed by atoms with van der Waals surface area (Å²) in [6.45, 7) is 3.55. The zero-order chi connectivity index (χ0) is 19.2. The maximum Gasteiger partial charge on any atom is 0.338 e. The lowest BCUT2D eigenvalue weighted by molar-refractivity contribution is -0.131. The van der Waals surface area contributed by atoms with Gasteiger partial charge >= 0.3 is 5.97 Å². The molecule has 1 aromatic heterocycles. The Labute approximate surface area is 159 Å². The van der Waals surface area contributed by atoms with Crippen LogP contribution in [0.3, 0.4) is 0 Å². The third kappa shape index (κ3) is 4.96. The van der Waals surface area contributed by atoms with E-state index in [1.165, 1.54) is 24.6 Å². The van der Waals surface area contributed by atoms with Gasteiger partial charge in [-0.15, -0.1) is 0 Å². The fourth-order valence-corrected chi connectivity index (χ4v) is 3.52. The van der Waals surface area contributed by atoms with E-state index in [4.69, 9.17) is 5.11 Å². The van der Waals surface area contributed by atoms with Crippen molar-refractivity contribution in [1.82, 2.24) is 14.7 Å². The summed E-state index contributed by atoms with van der Waals surface area (Å²) < 4.78 is 1.72. The molecule has 1 saturated heterocycles. The summed E-state index contributed by atoms with van der Waals surface area (Å²) in [6.07, 6.45) is 8.45. The fourth-order valence-electron chi connectivity index (χ4n) is 3.52. The molecule has 0 unspecified atom stereocenters. The summed E-state index contributed by atoms with van der Waals surface area (Å²) in [4.78, 5) is 25.5. The highest BCUT2D eigenvalue weighted by molar-refractivity contribution is 5.86. The molecule has 0 radical (unpaired) electrons. The number of amides is 1. The number of unbranched alkanes of at least 4 members (excludes halogenated alkanes) is 1. The van der Waals surface area contributed by atoms with Crippen molar-refractivity contribution in [3.8, 4) is 0 Å². The van der Waals surface area contributed by atoms with E-state index in [2.05, 4.69) is 36.3 Å². The largest absolute Gasteiger partial charge is 0.478 e. The van der Waals surface area contributed by atoms with Gasteiger partial charge in [-0.05, 0) is 36.8 Å². The quantitative estimate of drug-likeness (QED) is 0.812. The fraction of sp³-hybridized carbons (Fsp3) is 0.476. The highest BCUT2D eigenvalue weighted by atomic mass is 16.4. The Bertz CT molecular complexity index is 774. The van der Waals surface area contributed by atoms with Crippen LogP contribution in [0.2, 0.25) is 0 Å². The number of benzene rings is 1. The van der Waals surface area contributed by atoms with Crippen LogP contribution >= 0.6 is 0 Å². The van der Waals surface area contributed by atoms with Crippen molar-refractivity contribution in [2.45, 2.75) is 51.5 Å². The van der Waals surface area contributed by atoms with E-state index >= 15 is 0 Å². The van der Waals surface area contributed by atoms with Crippen LogP contribution in [0.1, 0.15) is 60.1 Å². The van der Waals surface area contributed by atoms with E-state index in [0.29, 0.717) is 19.5 Å². The Hall–Kier alpha value is -2.63. The van der Waals surface area contributed by atoms with Gasteiger partial charge in [-0.25, -0.2) is 4.79 Å². The number of aryl methyl sites for hydroxylation is 1. The molecule has 1 fully saturated rings. The minimum Gasteiger partial charge on any atom is -0.478 e. The van der Waals surface area contributed by atoms with Gasteiger partial charge in [0.1, 0.15) is 0 Å². The van der Waals surface area contributed by atoms with Crippen LogP contribution in [0.25, 0.3) is 0 Å². The van der Waals surface area contributed by atoms with Crippen LogP contribution in [0, 0.1) is 0 Å². The van der Waals surface area contributed by atoms with Crippen molar-refractivity contribution in [2.24, 2.45) is 0 Å². The molecule has 27 heavy (non-hydrogen) atoms. The van der Waals surface area contributed by atoms with Gasteiger partial charge in [0.05, 0.1) is 24.2 Å². The predicted octanol–water partition coefficient (Wildman–Crippen LogP) is 3.33. The SMILES string of the molecule is CCCCc1ccc(CC(=O)N2CCC(n3cc(C(=O)O)cn3)CC2)cc1. The maximum atomic E-state index is 12.6. The van der Waals surface area contributed by atoms with Gasteiger partial charge in [0.15, 0.2) is 0 Å². The van der Waals surface area contributed by atoms with Crippen molar-refractivity contribution in [3.63, 3.8) is 0 Å². The van der Waals surface area contributed by atoms with Crippen LogP contribution < -0.4 is 0 Å². The highest BCUT2D eigenvalue weighted by Gasteiger charge is 2.24. The minimum atomic E-state index is -0.963. The number of likely N-dealkylation sites (tertiary alicyclic amines) is 1. The molecular formula is C21H27N3O3. The van der Waals surface area contributed by atoms with Crippen LogP contribution in [-0.4, -0.2) is 44.8 Å². The Morgan fingerprint density at radius 1 is 1.15 bits per heavy atom. The summed E-state index contributed by atoms with van der Waals surface area (Å²) in [5.74, 6) is -0.809. The van der Waals surface area contributed by atoms with Gasteiger partial charge in [-0.2, -0.15) is 5.10 Å². The summed E-state index contributed by atoms with van der Waals surface area (Å²) in [5.41, 5.74) is 2.59. The first-order valence-electron chi connectivity index (χ1n) is 9.70. The molecule has 2 heterocycles. The number of nitrogens with zero attached hydrogens (tertiary/aromatic N) is 3. The molecule has 1 N–H and O–H groups in total. The molecule has 1 aliphatic rings. The van der Waals surface area contributed by atoms with E-state index in [9.17, 15) is 9.59 Å². The molecule has 3 rings (SSSR count). The lowest BCUT2D eigenvalue weighted by atomic mass is 10.0. The Kier molecular flexibility index (Phi) is 6.27. The lowest BCUT2D eigenvalue weighted by Gasteiger charge is -2.32. The number of hydrogen-bond acceptors (Lipinski definition) is 3. The molecular weight excluding hydrogens is 342 g/mol. The minimum absolute atomic E-state index is 0.153. The number of carboxylic acid groups (broad SMARTS) is 1. The van der Waals surface area contributed by atoms with Gasteiger partial charge < -0.3 is 10.0 Å². The average Bonchev–Trinajstić information content (AvgIpc) is 3.18. The Morgan fingerprint density at radius 3 is 2.41 bits per heavy atom. The molecule has 0 atom stereocenters. The van der Waals surface area contributed by atoms with E-state index in [-0.39, 0.29) is 17.5 Å². The molecule has 144 valence electrons. The van der Waals surface area contributed by atoms with Crippen molar-refractivity contribution >= 4 is 11.9 Å². The van der Waals surface area contributed by atoms with Crippen LogP contribution in [-0.2, 0) is 17.6 Å². The molecule has 6 heteroatoms. The lowest BCUT2D eigenvalue weighted by Crippen LogP contribution is -2.40. The molecule has 6 nitrogen and oxygen atoms in total. The first-order chi connectivity index (χ1) is 13.1. The van der Waals surface area contributed by atoms with Crippen molar-refractivity contribution in [2.75, 3.05) is 13.1 Å². The van der Waals surface area contributed by atoms with E-state index in [1.807, 2.05) is 4.90 Å². The van der Waals surface area contributed by atoms with Crippen molar-refractivity contribution in [3.05, 3.63) is 53.3 Å². The summed E-state index contributed by atoms with van der Waals surface area (Å²) in [6, 6.07) is 8.53. The second-order valence-corrected chi connectivity index (χ2v) is 7.22. The molecule has 0 spiro atoms. The molecule has 2 aromatic rings. The Morgan fingerprint density at radius 2 is 1.81 bits per heavy atom. The van der Waals surface area contributed by atoms with Gasteiger partial charge in [0.25, 0.3) is 0 Å². The number of piperidine rings is 1. The summed E-state index contributed by atoms with van der Waals surface area (Å²) in [5, 5.41) is 13.2. The van der Waals surface area contributed by atoms with Crippen molar-refractivity contribution in [1.29, 1.82) is 0 Å². The van der Waals surface area contributed by atoms with E-state index in [0.717, 1.165) is 24.8 Å². The molecule has 0 saturated carbocycles. The van der Waals surface area contributed by atoms with Crippen molar-refractivity contribution < 1.29 is 14.7 Å². The van der Waals surface area contributed by atoms with Gasteiger partial charge in [-0.1, -0.05) is 37.6 Å². The number of carbonyl (C=O) groups is 2. The topological polar surface area (TPSA) is 75.4 Å². The second kappa shape index (κ2) is 8.84. The third-order valence-corrected chi connectivity index (χ3v) is 5.24. The van der Waals surface area contributed by atoms with Crippen LogP contribution in [0.4, 0.5) is 0 Å². The second-order valence-electron chi connectivity index (χ2n) is 7.22.